The van der Waals surface area contributed by atoms with Crippen LogP contribution in [0.2, 0.25) is 0 Å². The van der Waals surface area contributed by atoms with E-state index in [1.165, 1.54) is 12.1 Å². The van der Waals surface area contributed by atoms with Gasteiger partial charge in [0.15, 0.2) is 0 Å². The summed E-state index contributed by atoms with van der Waals surface area (Å²) >= 11 is 12.0. The van der Waals surface area contributed by atoms with Crippen molar-refractivity contribution in [2.75, 3.05) is 11.9 Å². The molecule has 1 aromatic carbocycles. The summed E-state index contributed by atoms with van der Waals surface area (Å²) < 4.78 is 25.8. The van der Waals surface area contributed by atoms with Crippen molar-refractivity contribution >= 4 is 44.8 Å². The Hall–Kier alpha value is -0.820. The fourth-order valence-corrected chi connectivity index (χ4v) is 3.95. The van der Waals surface area contributed by atoms with E-state index in [4.69, 9.17) is 23.2 Å². The van der Waals surface area contributed by atoms with Gasteiger partial charge in [0.05, 0.1) is 10.3 Å². The molecule has 0 bridgehead atoms. The van der Waals surface area contributed by atoms with Crippen LogP contribution in [0.1, 0.15) is 33.1 Å². The number of anilines is 1. The quantitative estimate of drug-likeness (QED) is 0.564. The van der Waals surface area contributed by atoms with Crippen LogP contribution in [0, 0.1) is 5.41 Å². The summed E-state index contributed by atoms with van der Waals surface area (Å²) in [4.78, 5) is 12.3. The third kappa shape index (κ3) is 3.99. The predicted octanol–water partition coefficient (Wildman–Crippen LogP) is 3.29. The van der Waals surface area contributed by atoms with Gasteiger partial charge < -0.3 is 5.32 Å². The van der Waals surface area contributed by atoms with Gasteiger partial charge in [-0.2, -0.15) is 0 Å². The van der Waals surface area contributed by atoms with Crippen molar-refractivity contribution in [3.05, 3.63) is 24.3 Å². The van der Waals surface area contributed by atoms with Crippen molar-refractivity contribution < 1.29 is 13.2 Å². The minimum absolute atomic E-state index is 0.107. The lowest BCUT2D eigenvalue weighted by atomic mass is 10.1. The molecule has 128 valence electrons. The molecule has 0 aliphatic heterocycles. The Balaban J connectivity index is 2.10. The average Bonchev–Trinajstić information content (AvgIpc) is 2.99. The van der Waals surface area contributed by atoms with E-state index in [-0.39, 0.29) is 10.8 Å². The lowest BCUT2D eigenvalue weighted by Crippen LogP contribution is -2.27. The maximum Gasteiger partial charge on any atom is 0.240 e. The Morgan fingerprint density at radius 3 is 2.57 bits per heavy atom. The van der Waals surface area contributed by atoms with E-state index in [0.29, 0.717) is 18.7 Å². The number of sulfonamides is 1. The number of hydrogen-bond acceptors (Lipinski definition) is 3. The van der Waals surface area contributed by atoms with Crippen molar-refractivity contribution in [1.82, 2.24) is 4.72 Å². The second-order valence-electron chi connectivity index (χ2n) is 5.95. The zero-order chi connectivity index (χ0) is 17.3. The molecule has 23 heavy (non-hydrogen) atoms. The van der Waals surface area contributed by atoms with E-state index in [0.717, 1.165) is 12.8 Å². The Kier molecular flexibility index (Phi) is 5.31. The number of rotatable bonds is 7. The Bertz CT molecular complexity index is 706. The Morgan fingerprint density at radius 1 is 1.35 bits per heavy atom. The molecule has 1 aliphatic carbocycles. The van der Waals surface area contributed by atoms with Crippen LogP contribution in [0.3, 0.4) is 0 Å². The number of alkyl halides is 2. The largest absolute Gasteiger partial charge is 0.325 e. The maximum atomic E-state index is 12.2. The van der Waals surface area contributed by atoms with Crippen molar-refractivity contribution in [1.29, 1.82) is 0 Å². The van der Waals surface area contributed by atoms with E-state index in [9.17, 15) is 13.2 Å². The first-order chi connectivity index (χ1) is 10.6. The smallest absolute Gasteiger partial charge is 0.240 e. The van der Waals surface area contributed by atoms with E-state index < -0.39 is 19.8 Å². The Labute approximate surface area is 146 Å². The molecular formula is C15H20Cl2N2O3S. The SMILES string of the molecule is CCCCNS(=O)(=O)c1cccc(NC(=O)C2(C)CC2(Cl)Cl)c1. The van der Waals surface area contributed by atoms with Gasteiger partial charge in [-0.3, -0.25) is 4.79 Å². The highest BCUT2D eigenvalue weighted by molar-refractivity contribution is 7.89. The molecular weight excluding hydrogens is 359 g/mol. The highest BCUT2D eigenvalue weighted by atomic mass is 35.5. The summed E-state index contributed by atoms with van der Waals surface area (Å²) in [5.74, 6) is -0.323. The van der Waals surface area contributed by atoms with Gasteiger partial charge in [-0.05, 0) is 38.0 Å². The number of carbonyl (C=O) groups is 1. The molecule has 1 aliphatic rings. The number of hydrogen-bond donors (Lipinski definition) is 2. The molecule has 2 rings (SSSR count). The molecule has 1 saturated carbocycles. The monoisotopic (exact) mass is 378 g/mol. The van der Waals surface area contributed by atoms with Crippen LogP contribution in [0.5, 0.6) is 0 Å². The van der Waals surface area contributed by atoms with Gasteiger partial charge in [-0.1, -0.05) is 19.4 Å². The summed E-state index contributed by atoms with van der Waals surface area (Å²) in [6.45, 7) is 4.04. The molecule has 1 atom stereocenters. The van der Waals surface area contributed by atoms with Gasteiger partial charge in [-0.25, -0.2) is 13.1 Å². The maximum absolute atomic E-state index is 12.2. The molecule has 1 aromatic rings. The predicted molar refractivity (Wildman–Crippen MR) is 92.3 cm³/mol. The summed E-state index contributed by atoms with van der Waals surface area (Å²) in [5, 5.41) is 2.68. The number of unbranched alkanes of at least 4 members (excludes halogenated alkanes) is 1. The summed E-state index contributed by atoms with van der Waals surface area (Å²) in [6.07, 6.45) is 2.03. The van der Waals surface area contributed by atoms with Crippen LogP contribution in [-0.2, 0) is 14.8 Å². The van der Waals surface area contributed by atoms with Gasteiger partial charge >= 0.3 is 0 Å². The summed E-state index contributed by atoms with van der Waals surface area (Å²) in [5.41, 5.74) is -0.463. The third-order valence-corrected chi connectivity index (χ3v) is 6.54. The number of amides is 1. The zero-order valence-electron chi connectivity index (χ0n) is 13.0. The highest BCUT2D eigenvalue weighted by Crippen LogP contribution is 2.64. The fraction of sp³-hybridized carbons (Fsp3) is 0.533. The molecule has 0 spiro atoms. The number of benzene rings is 1. The second kappa shape index (κ2) is 6.59. The first-order valence-corrected chi connectivity index (χ1v) is 9.65. The minimum atomic E-state index is -3.59. The molecule has 1 unspecified atom stereocenters. The van der Waals surface area contributed by atoms with Gasteiger partial charge in [0.25, 0.3) is 0 Å². The first-order valence-electron chi connectivity index (χ1n) is 7.41. The standard InChI is InChI=1S/C15H20Cl2N2O3S/c1-3-4-8-18-23(21,22)12-7-5-6-11(9-12)19-13(20)14(2)10-15(14,16)17/h5-7,9,18H,3-4,8,10H2,1-2H3,(H,19,20). The molecule has 8 heteroatoms. The molecule has 0 heterocycles. The second-order valence-corrected chi connectivity index (χ2v) is 9.20. The average molecular weight is 379 g/mol. The third-order valence-electron chi connectivity index (χ3n) is 3.98. The van der Waals surface area contributed by atoms with Crippen LogP contribution in [0.15, 0.2) is 29.2 Å². The van der Waals surface area contributed by atoms with Crippen LogP contribution < -0.4 is 10.0 Å². The van der Waals surface area contributed by atoms with Crippen molar-refractivity contribution in [2.24, 2.45) is 5.41 Å². The van der Waals surface area contributed by atoms with E-state index >= 15 is 0 Å². The zero-order valence-corrected chi connectivity index (χ0v) is 15.4. The summed E-state index contributed by atoms with van der Waals surface area (Å²) in [6, 6.07) is 6.10. The van der Waals surface area contributed by atoms with Gasteiger partial charge in [-0.15, -0.1) is 23.2 Å². The van der Waals surface area contributed by atoms with E-state index in [1.807, 2.05) is 6.92 Å². The minimum Gasteiger partial charge on any atom is -0.325 e. The highest BCUT2D eigenvalue weighted by Gasteiger charge is 2.67. The van der Waals surface area contributed by atoms with Crippen LogP contribution in [0.4, 0.5) is 5.69 Å². The van der Waals surface area contributed by atoms with E-state index in [1.54, 1.807) is 19.1 Å². The number of nitrogens with one attached hydrogen (secondary N) is 2. The van der Waals surface area contributed by atoms with E-state index in [2.05, 4.69) is 10.0 Å². The first kappa shape index (κ1) is 18.5. The van der Waals surface area contributed by atoms with Crippen molar-refractivity contribution in [3.63, 3.8) is 0 Å². The molecule has 0 saturated heterocycles. The number of carbonyl (C=O) groups excluding carboxylic acids is 1. The fourth-order valence-electron chi connectivity index (χ4n) is 2.12. The molecule has 5 nitrogen and oxygen atoms in total. The normalized spacial score (nSPS) is 22.6. The lowest BCUT2D eigenvalue weighted by Gasteiger charge is -2.13. The molecule has 1 fully saturated rings. The molecule has 1 amide bonds. The van der Waals surface area contributed by atoms with Crippen molar-refractivity contribution in [3.8, 4) is 0 Å². The number of halogens is 2. The van der Waals surface area contributed by atoms with Crippen LogP contribution >= 0.6 is 23.2 Å². The van der Waals surface area contributed by atoms with Gasteiger partial charge in [0.1, 0.15) is 4.33 Å². The van der Waals surface area contributed by atoms with Crippen molar-refractivity contribution in [2.45, 2.75) is 42.3 Å². The lowest BCUT2D eigenvalue weighted by molar-refractivity contribution is -0.120. The summed E-state index contributed by atoms with van der Waals surface area (Å²) in [7, 11) is -3.59. The molecule has 2 N–H and O–H groups in total. The topological polar surface area (TPSA) is 75.3 Å². The molecule has 0 aromatic heterocycles. The Morgan fingerprint density at radius 2 is 2.00 bits per heavy atom. The van der Waals surface area contributed by atoms with Gasteiger partial charge in [0, 0.05) is 12.2 Å². The van der Waals surface area contributed by atoms with Crippen LogP contribution in [-0.4, -0.2) is 25.2 Å². The molecule has 0 radical (unpaired) electrons. The van der Waals surface area contributed by atoms with Gasteiger partial charge in [0.2, 0.25) is 15.9 Å². The van der Waals surface area contributed by atoms with Crippen LogP contribution in [0.25, 0.3) is 0 Å².